The fourth-order valence-electron chi connectivity index (χ4n) is 2.91. The minimum absolute atomic E-state index is 0.0336. The van der Waals surface area contributed by atoms with Gasteiger partial charge in [-0.15, -0.1) is 10.2 Å². The molecule has 1 aromatic carbocycles. The van der Waals surface area contributed by atoms with Crippen molar-refractivity contribution in [2.24, 2.45) is 0 Å². The number of benzene rings is 1. The van der Waals surface area contributed by atoms with Crippen molar-refractivity contribution in [3.8, 4) is 23.4 Å². The molecule has 150 valence electrons. The van der Waals surface area contributed by atoms with Crippen molar-refractivity contribution in [3.05, 3.63) is 77.4 Å². The molecular formula is C21H15FN4O4. The number of ether oxygens (including phenoxy) is 1. The highest BCUT2D eigenvalue weighted by atomic mass is 19.1. The number of hydrogen-bond donors (Lipinski definition) is 0. The second-order valence-electron chi connectivity index (χ2n) is 6.42. The van der Waals surface area contributed by atoms with E-state index in [1.165, 1.54) is 24.3 Å². The first-order chi connectivity index (χ1) is 14.5. The van der Waals surface area contributed by atoms with E-state index in [1.807, 2.05) is 6.07 Å². The molecule has 4 aromatic rings. The molecule has 0 spiro atoms. The molecule has 0 N–H and O–H groups in total. The van der Waals surface area contributed by atoms with Crippen LogP contribution in [-0.2, 0) is 4.74 Å². The molecule has 1 atom stereocenters. The Bertz CT molecular complexity index is 1230. The first kappa shape index (κ1) is 19.1. The summed E-state index contributed by atoms with van der Waals surface area (Å²) in [6, 6.07) is 11.1. The van der Waals surface area contributed by atoms with Crippen LogP contribution in [0.3, 0.4) is 0 Å². The average Bonchev–Trinajstić information content (AvgIpc) is 3.47. The Balaban J connectivity index is 1.56. The normalized spacial score (nSPS) is 11.8. The maximum atomic E-state index is 13.1. The Morgan fingerprint density at radius 1 is 1.20 bits per heavy atom. The summed E-state index contributed by atoms with van der Waals surface area (Å²) in [4.78, 5) is 12.8. The first-order valence-corrected chi connectivity index (χ1v) is 8.95. The number of carbonyl (C=O) groups is 1. The molecule has 0 fully saturated rings. The Labute approximate surface area is 170 Å². The number of halogens is 1. The van der Waals surface area contributed by atoms with Crippen molar-refractivity contribution in [2.45, 2.75) is 20.0 Å². The number of aromatic nitrogens is 3. The van der Waals surface area contributed by atoms with Gasteiger partial charge in [-0.25, -0.2) is 9.18 Å². The number of carbonyl (C=O) groups excluding carboxylic acids is 1. The Kier molecular flexibility index (Phi) is 4.90. The standard InChI is InChI=1S/C21H15FN4O4/c1-12-17(16(11-23)20(28-12)26-9-3-4-10-26)21(27)29-13(2)18-24-25-19(30-18)14-5-7-15(22)8-6-14/h3-10,13H,1-2H3/t13-/m1/s1. The van der Waals surface area contributed by atoms with Crippen LogP contribution in [0.2, 0.25) is 0 Å². The van der Waals surface area contributed by atoms with Crippen LogP contribution in [0.15, 0.2) is 57.6 Å². The summed E-state index contributed by atoms with van der Waals surface area (Å²) in [6.07, 6.45) is 2.52. The summed E-state index contributed by atoms with van der Waals surface area (Å²) in [5.74, 6) is -0.419. The van der Waals surface area contributed by atoms with Crippen molar-refractivity contribution < 1.29 is 22.8 Å². The number of nitrogens with zero attached hydrogens (tertiary/aromatic N) is 4. The third kappa shape index (κ3) is 3.46. The average molecular weight is 406 g/mol. The van der Waals surface area contributed by atoms with Gasteiger partial charge in [-0.3, -0.25) is 4.57 Å². The molecule has 0 saturated heterocycles. The maximum absolute atomic E-state index is 13.1. The fraction of sp³-hybridized carbons (Fsp3) is 0.143. The van der Waals surface area contributed by atoms with Crippen LogP contribution in [0.5, 0.6) is 0 Å². The van der Waals surface area contributed by atoms with Gasteiger partial charge in [0.05, 0.1) is 0 Å². The summed E-state index contributed by atoms with van der Waals surface area (Å²) in [5, 5.41) is 17.4. The van der Waals surface area contributed by atoms with E-state index in [0.717, 1.165) is 0 Å². The predicted molar refractivity (Wildman–Crippen MR) is 101 cm³/mol. The Morgan fingerprint density at radius 2 is 1.90 bits per heavy atom. The highest BCUT2D eigenvalue weighted by Gasteiger charge is 2.28. The van der Waals surface area contributed by atoms with Crippen LogP contribution >= 0.6 is 0 Å². The molecule has 0 saturated carbocycles. The van der Waals surface area contributed by atoms with Gasteiger partial charge in [0.1, 0.15) is 28.8 Å². The molecule has 0 aliphatic heterocycles. The first-order valence-electron chi connectivity index (χ1n) is 8.95. The van der Waals surface area contributed by atoms with Crippen LogP contribution in [-0.4, -0.2) is 20.7 Å². The topological polar surface area (TPSA) is 107 Å². The zero-order chi connectivity index (χ0) is 21.3. The van der Waals surface area contributed by atoms with Gasteiger partial charge in [0, 0.05) is 18.0 Å². The van der Waals surface area contributed by atoms with Gasteiger partial charge < -0.3 is 13.6 Å². The van der Waals surface area contributed by atoms with Gasteiger partial charge in [-0.05, 0) is 50.2 Å². The van der Waals surface area contributed by atoms with Crippen molar-refractivity contribution in [1.82, 2.24) is 14.8 Å². The second-order valence-corrected chi connectivity index (χ2v) is 6.42. The van der Waals surface area contributed by atoms with E-state index in [2.05, 4.69) is 10.2 Å². The zero-order valence-corrected chi connectivity index (χ0v) is 16.0. The molecule has 0 amide bonds. The summed E-state index contributed by atoms with van der Waals surface area (Å²) in [5.41, 5.74) is 0.632. The van der Waals surface area contributed by atoms with Gasteiger partial charge in [0.2, 0.25) is 11.8 Å². The van der Waals surface area contributed by atoms with Gasteiger partial charge in [-0.2, -0.15) is 5.26 Å². The quantitative estimate of drug-likeness (QED) is 0.453. The largest absolute Gasteiger partial charge is 0.449 e. The predicted octanol–water partition coefficient (Wildman–Crippen LogP) is 4.36. The molecule has 30 heavy (non-hydrogen) atoms. The third-order valence-electron chi connectivity index (χ3n) is 4.38. The minimum atomic E-state index is -0.880. The van der Waals surface area contributed by atoms with Crippen molar-refractivity contribution in [2.75, 3.05) is 0 Å². The molecule has 0 bridgehead atoms. The smallest absolute Gasteiger partial charge is 0.343 e. The maximum Gasteiger partial charge on any atom is 0.343 e. The lowest BCUT2D eigenvalue weighted by Crippen LogP contribution is -2.11. The summed E-state index contributed by atoms with van der Waals surface area (Å²) >= 11 is 0. The van der Waals surface area contributed by atoms with Crippen molar-refractivity contribution in [1.29, 1.82) is 5.26 Å². The molecule has 0 unspecified atom stereocenters. The van der Waals surface area contributed by atoms with E-state index in [-0.39, 0.29) is 40.4 Å². The number of rotatable bonds is 5. The Morgan fingerprint density at radius 3 is 2.57 bits per heavy atom. The van der Waals surface area contributed by atoms with Crippen LogP contribution in [0.25, 0.3) is 17.3 Å². The van der Waals surface area contributed by atoms with E-state index in [9.17, 15) is 14.4 Å². The lowest BCUT2D eigenvalue weighted by Gasteiger charge is -2.09. The number of nitriles is 1. The van der Waals surface area contributed by atoms with Crippen LogP contribution in [0.1, 0.15) is 40.6 Å². The lowest BCUT2D eigenvalue weighted by molar-refractivity contribution is 0.0277. The molecule has 3 heterocycles. The minimum Gasteiger partial charge on any atom is -0.449 e. The Hall–Kier alpha value is -4.19. The second kappa shape index (κ2) is 7.67. The number of aryl methyl sites for hydroxylation is 1. The van der Waals surface area contributed by atoms with E-state index in [1.54, 1.807) is 42.9 Å². The monoisotopic (exact) mass is 406 g/mol. The highest BCUT2D eigenvalue weighted by Crippen LogP contribution is 2.28. The third-order valence-corrected chi connectivity index (χ3v) is 4.38. The molecule has 8 nitrogen and oxygen atoms in total. The van der Waals surface area contributed by atoms with Gasteiger partial charge in [0.15, 0.2) is 6.10 Å². The molecule has 0 aliphatic rings. The number of esters is 1. The molecule has 3 aromatic heterocycles. The van der Waals surface area contributed by atoms with E-state index >= 15 is 0 Å². The van der Waals surface area contributed by atoms with Crippen molar-refractivity contribution in [3.63, 3.8) is 0 Å². The van der Waals surface area contributed by atoms with Gasteiger partial charge in [0.25, 0.3) is 5.89 Å². The fourth-order valence-corrected chi connectivity index (χ4v) is 2.91. The highest BCUT2D eigenvalue weighted by molar-refractivity contribution is 5.94. The SMILES string of the molecule is Cc1oc(-n2cccc2)c(C#N)c1C(=O)O[C@H](C)c1nnc(-c2ccc(F)cc2)o1. The van der Waals surface area contributed by atoms with Crippen molar-refractivity contribution >= 4 is 5.97 Å². The molecule has 4 rings (SSSR count). The van der Waals surface area contributed by atoms with Crippen LogP contribution in [0, 0.1) is 24.1 Å². The van der Waals surface area contributed by atoms with E-state index in [0.29, 0.717) is 5.56 Å². The van der Waals surface area contributed by atoms with Gasteiger partial charge in [-0.1, -0.05) is 0 Å². The molecular weight excluding hydrogens is 391 g/mol. The number of hydrogen-bond acceptors (Lipinski definition) is 7. The number of furan rings is 1. The molecule has 9 heteroatoms. The summed E-state index contributed by atoms with van der Waals surface area (Å²) in [7, 11) is 0. The van der Waals surface area contributed by atoms with Crippen LogP contribution < -0.4 is 0 Å². The van der Waals surface area contributed by atoms with E-state index in [4.69, 9.17) is 13.6 Å². The van der Waals surface area contributed by atoms with Gasteiger partial charge >= 0.3 is 5.97 Å². The zero-order valence-electron chi connectivity index (χ0n) is 16.0. The van der Waals surface area contributed by atoms with Crippen LogP contribution in [0.4, 0.5) is 4.39 Å². The summed E-state index contributed by atoms with van der Waals surface area (Å²) in [6.45, 7) is 3.14. The molecule has 0 radical (unpaired) electrons. The summed E-state index contributed by atoms with van der Waals surface area (Å²) < 4.78 is 31.3. The van der Waals surface area contributed by atoms with E-state index < -0.39 is 12.1 Å². The lowest BCUT2D eigenvalue weighted by atomic mass is 10.1. The molecule has 0 aliphatic carbocycles.